The molecule has 0 radical (unpaired) electrons. The van der Waals surface area contributed by atoms with Crippen LogP contribution < -0.4 is 5.32 Å². The molecule has 2 nitrogen and oxygen atoms in total. The van der Waals surface area contributed by atoms with Gasteiger partial charge in [-0.2, -0.15) is 0 Å². The molecule has 4 heteroatoms. The molecule has 14 heavy (non-hydrogen) atoms. The van der Waals surface area contributed by atoms with Gasteiger partial charge in [0.05, 0.1) is 10.7 Å². The lowest BCUT2D eigenvalue weighted by Crippen LogP contribution is -2.09. The summed E-state index contributed by atoms with van der Waals surface area (Å²) in [6.45, 7) is 4.97. The zero-order chi connectivity index (χ0) is 10.7. The number of benzene rings is 1. The fraction of sp³-hybridized carbons (Fsp3) is 0.100. The number of halogens is 2. The van der Waals surface area contributed by atoms with Crippen LogP contribution in [0.25, 0.3) is 0 Å². The molecule has 0 aliphatic rings. The number of hydrogen-bond acceptors (Lipinski definition) is 1. The third kappa shape index (κ3) is 2.33. The van der Waals surface area contributed by atoms with E-state index in [2.05, 4.69) is 11.9 Å². The van der Waals surface area contributed by atoms with Gasteiger partial charge in [-0.15, -0.1) is 0 Å². The molecule has 0 aromatic heterocycles. The number of nitrogens with one attached hydrogen (secondary N) is 1. The number of amides is 1. The summed E-state index contributed by atoms with van der Waals surface area (Å²) in [7, 11) is 0. The van der Waals surface area contributed by atoms with Crippen LogP contribution in [0.15, 0.2) is 24.8 Å². The zero-order valence-corrected chi connectivity index (χ0v) is 8.36. The summed E-state index contributed by atoms with van der Waals surface area (Å²) in [6.07, 6.45) is 1.05. The molecule has 1 aromatic carbocycles. The molecule has 1 N–H and O–H groups in total. The van der Waals surface area contributed by atoms with Crippen molar-refractivity contribution in [1.29, 1.82) is 0 Å². The summed E-state index contributed by atoms with van der Waals surface area (Å²) >= 11 is 5.75. The first-order chi connectivity index (χ1) is 6.54. The Morgan fingerprint density at radius 2 is 2.29 bits per heavy atom. The summed E-state index contributed by atoms with van der Waals surface area (Å²) < 4.78 is 13.3. The van der Waals surface area contributed by atoms with Crippen molar-refractivity contribution in [1.82, 2.24) is 0 Å². The second-order valence-corrected chi connectivity index (χ2v) is 3.20. The molecule has 0 saturated heterocycles. The number of carbonyl (C=O) groups is 1. The van der Waals surface area contributed by atoms with E-state index in [1.165, 1.54) is 6.07 Å². The van der Waals surface area contributed by atoms with Crippen molar-refractivity contribution < 1.29 is 9.18 Å². The first-order valence-electron chi connectivity index (χ1n) is 3.93. The summed E-state index contributed by atoms with van der Waals surface area (Å²) in [5.74, 6) is -1.04. The minimum absolute atomic E-state index is 0.0119. The van der Waals surface area contributed by atoms with E-state index in [0.717, 1.165) is 6.08 Å². The van der Waals surface area contributed by atoms with Gasteiger partial charge >= 0.3 is 0 Å². The number of carbonyl (C=O) groups excluding carboxylic acids is 1. The molecule has 1 aromatic rings. The highest BCUT2D eigenvalue weighted by atomic mass is 35.5. The number of aryl methyl sites for hydroxylation is 1. The van der Waals surface area contributed by atoms with Gasteiger partial charge < -0.3 is 5.32 Å². The van der Waals surface area contributed by atoms with E-state index in [-0.39, 0.29) is 10.7 Å². The molecule has 0 aliphatic heterocycles. The summed E-state index contributed by atoms with van der Waals surface area (Å²) in [5, 5.41) is 2.47. The largest absolute Gasteiger partial charge is 0.319 e. The molecule has 74 valence electrons. The van der Waals surface area contributed by atoms with Crippen LogP contribution in [0.5, 0.6) is 0 Å². The quantitative estimate of drug-likeness (QED) is 0.752. The molecular weight excluding hydrogens is 205 g/mol. The Hall–Kier alpha value is -1.35. The minimum Gasteiger partial charge on any atom is -0.319 e. The van der Waals surface area contributed by atoms with Gasteiger partial charge in [0.1, 0.15) is 5.82 Å². The Kier molecular flexibility index (Phi) is 3.25. The van der Waals surface area contributed by atoms with E-state index in [4.69, 9.17) is 11.6 Å². The first kappa shape index (κ1) is 10.7. The van der Waals surface area contributed by atoms with Gasteiger partial charge in [-0.3, -0.25) is 4.79 Å². The number of rotatable bonds is 2. The Labute approximate surface area is 86.4 Å². The topological polar surface area (TPSA) is 29.1 Å². The van der Waals surface area contributed by atoms with Crippen LogP contribution in [0.2, 0.25) is 5.02 Å². The Morgan fingerprint density at radius 3 is 2.79 bits per heavy atom. The van der Waals surface area contributed by atoms with Crippen LogP contribution in [0.1, 0.15) is 5.56 Å². The molecule has 0 spiro atoms. The average molecular weight is 214 g/mol. The van der Waals surface area contributed by atoms with Gasteiger partial charge in [0.2, 0.25) is 5.91 Å². The van der Waals surface area contributed by atoms with Gasteiger partial charge in [0, 0.05) is 0 Å². The lowest BCUT2D eigenvalue weighted by Gasteiger charge is -2.07. The Bertz CT molecular complexity index is 367. The molecule has 1 rings (SSSR count). The van der Waals surface area contributed by atoms with Gasteiger partial charge in [-0.05, 0) is 30.7 Å². The van der Waals surface area contributed by atoms with Gasteiger partial charge in [0.25, 0.3) is 0 Å². The first-order valence-corrected chi connectivity index (χ1v) is 4.31. The van der Waals surface area contributed by atoms with Crippen LogP contribution in [0.3, 0.4) is 0 Å². The third-order valence-electron chi connectivity index (χ3n) is 1.62. The molecule has 0 aliphatic carbocycles. The molecule has 0 heterocycles. The van der Waals surface area contributed by atoms with Crippen LogP contribution in [-0.2, 0) is 4.79 Å². The van der Waals surface area contributed by atoms with E-state index in [0.29, 0.717) is 5.56 Å². The van der Waals surface area contributed by atoms with Crippen LogP contribution >= 0.6 is 11.6 Å². The predicted molar refractivity (Wildman–Crippen MR) is 55.0 cm³/mol. The molecular formula is C10H9ClFNO. The maximum Gasteiger partial charge on any atom is 0.247 e. The van der Waals surface area contributed by atoms with Gasteiger partial charge in [-0.1, -0.05) is 18.2 Å². The Balaban J connectivity index is 3.08. The normalized spacial score (nSPS) is 9.64. The van der Waals surface area contributed by atoms with Crippen molar-refractivity contribution in [3.05, 3.63) is 41.2 Å². The van der Waals surface area contributed by atoms with E-state index in [9.17, 15) is 9.18 Å². The SMILES string of the molecule is C=CC(=O)Nc1c(F)cc(C)cc1Cl. The molecule has 0 fully saturated rings. The smallest absolute Gasteiger partial charge is 0.247 e. The van der Waals surface area contributed by atoms with Crippen LogP contribution in [-0.4, -0.2) is 5.91 Å². The minimum atomic E-state index is -0.551. The number of hydrogen-bond donors (Lipinski definition) is 1. The second-order valence-electron chi connectivity index (χ2n) is 2.80. The average Bonchev–Trinajstić information content (AvgIpc) is 2.10. The Morgan fingerprint density at radius 1 is 1.64 bits per heavy atom. The molecule has 1 amide bonds. The van der Waals surface area contributed by atoms with Crippen molar-refractivity contribution in [2.24, 2.45) is 0 Å². The van der Waals surface area contributed by atoms with Crippen molar-refractivity contribution in [2.45, 2.75) is 6.92 Å². The van der Waals surface area contributed by atoms with Gasteiger partial charge in [0.15, 0.2) is 0 Å². The van der Waals surface area contributed by atoms with Crippen LogP contribution in [0, 0.1) is 12.7 Å². The van der Waals surface area contributed by atoms with Crippen molar-refractivity contribution in [3.8, 4) is 0 Å². The zero-order valence-electron chi connectivity index (χ0n) is 7.60. The fourth-order valence-electron chi connectivity index (χ4n) is 0.994. The maximum absolute atomic E-state index is 13.3. The lowest BCUT2D eigenvalue weighted by molar-refractivity contribution is -0.111. The van der Waals surface area contributed by atoms with E-state index < -0.39 is 11.7 Å². The standard InChI is InChI=1S/C10H9ClFNO/c1-3-9(14)13-10-7(11)4-6(2)5-8(10)12/h3-5H,1H2,2H3,(H,13,14). The highest BCUT2D eigenvalue weighted by Gasteiger charge is 2.09. The maximum atomic E-state index is 13.3. The lowest BCUT2D eigenvalue weighted by atomic mass is 10.2. The van der Waals surface area contributed by atoms with Gasteiger partial charge in [-0.25, -0.2) is 4.39 Å². The fourth-order valence-corrected chi connectivity index (χ4v) is 1.30. The summed E-state index contributed by atoms with van der Waals surface area (Å²) in [4.78, 5) is 10.9. The van der Waals surface area contributed by atoms with Crippen molar-refractivity contribution >= 4 is 23.2 Å². The van der Waals surface area contributed by atoms with Crippen molar-refractivity contribution in [2.75, 3.05) is 5.32 Å². The summed E-state index contributed by atoms with van der Waals surface area (Å²) in [5.41, 5.74) is 0.686. The molecule has 0 bridgehead atoms. The van der Waals surface area contributed by atoms with E-state index in [1.54, 1.807) is 13.0 Å². The molecule has 0 unspecified atom stereocenters. The van der Waals surface area contributed by atoms with E-state index >= 15 is 0 Å². The van der Waals surface area contributed by atoms with E-state index in [1.807, 2.05) is 0 Å². The number of anilines is 1. The molecule has 0 saturated carbocycles. The third-order valence-corrected chi connectivity index (χ3v) is 1.92. The highest BCUT2D eigenvalue weighted by Crippen LogP contribution is 2.26. The molecule has 0 atom stereocenters. The van der Waals surface area contributed by atoms with Crippen LogP contribution in [0.4, 0.5) is 10.1 Å². The second kappa shape index (κ2) is 4.24. The summed E-state index contributed by atoms with van der Waals surface area (Å²) in [6, 6.07) is 2.87. The monoisotopic (exact) mass is 213 g/mol. The predicted octanol–water partition coefficient (Wildman–Crippen LogP) is 2.91. The highest BCUT2D eigenvalue weighted by molar-refractivity contribution is 6.33. The van der Waals surface area contributed by atoms with Crippen molar-refractivity contribution in [3.63, 3.8) is 0 Å².